The van der Waals surface area contributed by atoms with Gasteiger partial charge in [-0.05, 0) is 60.4 Å². The van der Waals surface area contributed by atoms with Gasteiger partial charge in [0.25, 0.3) is 0 Å². The van der Waals surface area contributed by atoms with E-state index in [4.69, 9.17) is 9.47 Å². The normalized spacial score (nSPS) is 11.2. The number of halogens is 1. The van der Waals surface area contributed by atoms with E-state index in [1.807, 2.05) is 36.4 Å². The summed E-state index contributed by atoms with van der Waals surface area (Å²) in [5.74, 6) is 0.704. The molecule has 0 N–H and O–H groups in total. The van der Waals surface area contributed by atoms with Crippen LogP contribution < -0.4 is 33.2 Å². The van der Waals surface area contributed by atoms with E-state index in [0.29, 0.717) is 19.6 Å². The molecule has 0 atom stereocenters. The largest absolute Gasteiger partial charge is 1.00 e. The first-order valence-electron chi connectivity index (χ1n) is 12.2. The van der Waals surface area contributed by atoms with Crippen LogP contribution in [0, 0.1) is 0 Å². The summed E-state index contributed by atoms with van der Waals surface area (Å²) >= 11 is 0. The van der Waals surface area contributed by atoms with Crippen LogP contribution in [0.25, 0.3) is 10.9 Å². The van der Waals surface area contributed by atoms with Gasteiger partial charge in [0.05, 0.1) is 34.2 Å². The molecule has 5 nitrogen and oxygen atoms in total. The van der Waals surface area contributed by atoms with Crippen molar-refractivity contribution in [1.82, 2.24) is 9.05 Å². The number of benzene rings is 3. The highest BCUT2D eigenvalue weighted by molar-refractivity contribution is 5.81. The van der Waals surface area contributed by atoms with Crippen LogP contribution in [0.5, 0.6) is 5.75 Å². The molecule has 4 rings (SSSR count). The van der Waals surface area contributed by atoms with Crippen molar-refractivity contribution in [1.29, 1.82) is 0 Å². The van der Waals surface area contributed by atoms with Crippen LogP contribution in [0.2, 0.25) is 0 Å². The maximum atomic E-state index is 12.2. The number of aromatic nitrogens is 1. The summed E-state index contributed by atoms with van der Waals surface area (Å²) in [5, 5.41) is 1.17. The molecular formula is C30H35IN2O3. The molecule has 6 heteroatoms. The van der Waals surface area contributed by atoms with E-state index in [2.05, 4.69) is 74.4 Å². The number of unbranched alkanes of at least 4 members (excludes halogenated alkanes) is 1. The second kappa shape index (κ2) is 12.9. The topological polar surface area (TPSA) is 40.5 Å². The average Bonchev–Trinajstić information content (AvgIpc) is 3.25. The Morgan fingerprint density at radius 2 is 1.61 bits per heavy atom. The molecule has 4 aromatic rings. The number of esters is 1. The lowest BCUT2D eigenvalue weighted by molar-refractivity contribution is -0.142. The summed E-state index contributed by atoms with van der Waals surface area (Å²) in [7, 11) is 6.37. The van der Waals surface area contributed by atoms with Crippen molar-refractivity contribution in [2.24, 2.45) is 0 Å². The van der Waals surface area contributed by atoms with Gasteiger partial charge in [-0.2, -0.15) is 0 Å². The summed E-state index contributed by atoms with van der Waals surface area (Å²) in [6, 6.07) is 26.7. The van der Waals surface area contributed by atoms with Crippen LogP contribution in [0.15, 0.2) is 85.1 Å². The molecule has 0 aliphatic heterocycles. The first-order chi connectivity index (χ1) is 16.9. The second-order valence-corrected chi connectivity index (χ2v) is 9.79. The third kappa shape index (κ3) is 7.83. The lowest BCUT2D eigenvalue weighted by atomic mass is 10.1. The molecule has 36 heavy (non-hydrogen) atoms. The molecule has 190 valence electrons. The second-order valence-electron chi connectivity index (χ2n) is 9.79. The Labute approximate surface area is 231 Å². The molecule has 0 saturated heterocycles. The molecule has 0 spiro atoms. The van der Waals surface area contributed by atoms with Crippen molar-refractivity contribution in [3.8, 4) is 5.75 Å². The number of fused-ring (bicyclic) bond motifs is 1. The van der Waals surface area contributed by atoms with Gasteiger partial charge in [-0.1, -0.05) is 42.5 Å². The monoisotopic (exact) mass is 598 g/mol. The molecular weight excluding hydrogens is 563 g/mol. The highest BCUT2D eigenvalue weighted by Gasteiger charge is 2.12. The highest BCUT2D eigenvalue weighted by Crippen LogP contribution is 2.23. The number of rotatable bonds is 11. The third-order valence-corrected chi connectivity index (χ3v) is 6.11. The number of carbonyl (C=O) groups is 1. The van der Waals surface area contributed by atoms with E-state index in [9.17, 15) is 4.79 Å². The first-order valence-corrected chi connectivity index (χ1v) is 12.2. The molecule has 0 aliphatic rings. The van der Waals surface area contributed by atoms with Crippen LogP contribution in [0.1, 0.15) is 24.0 Å². The van der Waals surface area contributed by atoms with Gasteiger partial charge in [0.15, 0.2) is 0 Å². The van der Waals surface area contributed by atoms with Crippen LogP contribution in [0.3, 0.4) is 0 Å². The van der Waals surface area contributed by atoms with Gasteiger partial charge in [-0.3, -0.25) is 9.28 Å². The van der Waals surface area contributed by atoms with Gasteiger partial charge in [0.2, 0.25) is 0 Å². The van der Waals surface area contributed by atoms with Crippen LogP contribution in [-0.4, -0.2) is 38.3 Å². The maximum absolute atomic E-state index is 12.2. The van der Waals surface area contributed by atoms with Crippen molar-refractivity contribution < 1.29 is 38.2 Å². The predicted octanol–water partition coefficient (Wildman–Crippen LogP) is 2.99. The zero-order valence-corrected chi connectivity index (χ0v) is 23.5. The Morgan fingerprint density at radius 3 is 2.33 bits per heavy atom. The molecule has 0 fully saturated rings. The van der Waals surface area contributed by atoms with Gasteiger partial charge in [-0.15, -0.1) is 0 Å². The highest BCUT2D eigenvalue weighted by atomic mass is 127. The summed E-state index contributed by atoms with van der Waals surface area (Å²) in [6.45, 7) is 1.90. The van der Waals surface area contributed by atoms with Gasteiger partial charge >= 0.3 is 5.97 Å². The number of nitrogens with zero attached hydrogens (tertiary/aromatic N) is 2. The molecule has 0 radical (unpaired) electrons. The third-order valence-electron chi connectivity index (χ3n) is 6.11. The van der Waals surface area contributed by atoms with Crippen LogP contribution >= 0.6 is 0 Å². The fourth-order valence-electron chi connectivity index (χ4n) is 4.05. The van der Waals surface area contributed by atoms with Gasteiger partial charge < -0.3 is 38.0 Å². The van der Waals surface area contributed by atoms with Gasteiger partial charge in [-0.25, -0.2) is 0 Å². The maximum Gasteiger partial charge on any atom is 0.310 e. The van der Waals surface area contributed by atoms with E-state index in [1.54, 1.807) is 0 Å². The van der Waals surface area contributed by atoms with Crippen molar-refractivity contribution >= 4 is 22.6 Å². The minimum atomic E-state index is -0.169. The van der Waals surface area contributed by atoms with Crippen molar-refractivity contribution in [2.75, 3.05) is 27.7 Å². The summed E-state index contributed by atoms with van der Waals surface area (Å²) in [6.07, 6.45) is 4.21. The van der Waals surface area contributed by atoms with E-state index >= 15 is 0 Å². The molecule has 1 heterocycles. The number of carbonyl (C=O) groups excluding carboxylic acids is 1. The number of hydrogen-bond acceptors (Lipinski definition) is 3. The van der Waals surface area contributed by atoms with E-state index < -0.39 is 0 Å². The van der Waals surface area contributed by atoms with E-state index in [1.165, 1.54) is 16.6 Å². The minimum Gasteiger partial charge on any atom is -1.00 e. The average molecular weight is 599 g/mol. The SMILES string of the molecule is C[N+](C)(C)c1ccc(CC(=O)OCCCCn2ccc3cc(OCc4ccccc4)ccc32)cc1.[I-]. The standard InChI is InChI=1S/C30H35N2O3.HI/c1-32(2,3)27-13-11-24(12-14-27)21-30(33)34-20-8-7-18-31-19-17-26-22-28(15-16-29(26)31)35-23-25-9-5-4-6-10-25;/h4-6,9-17,19,22H,7-8,18,20-21,23H2,1-3H3;1H/q+1;/p-1. The molecule has 0 bridgehead atoms. The molecule has 0 unspecified atom stereocenters. The Bertz CT molecular complexity index is 1240. The Hall–Kier alpha value is -2.84. The van der Waals surface area contributed by atoms with Crippen LogP contribution in [-0.2, 0) is 29.1 Å². The van der Waals surface area contributed by atoms with Gasteiger partial charge in [0, 0.05) is 23.6 Å². The predicted molar refractivity (Wildman–Crippen MR) is 143 cm³/mol. The van der Waals surface area contributed by atoms with E-state index in [0.717, 1.165) is 40.7 Å². The Kier molecular flexibility index (Phi) is 9.96. The van der Waals surface area contributed by atoms with Crippen molar-refractivity contribution in [2.45, 2.75) is 32.4 Å². The fourth-order valence-corrected chi connectivity index (χ4v) is 4.05. The van der Waals surface area contributed by atoms with E-state index in [-0.39, 0.29) is 29.9 Å². The summed E-state index contributed by atoms with van der Waals surface area (Å²) in [5.41, 5.74) is 4.53. The number of quaternary nitrogens is 1. The Morgan fingerprint density at radius 1 is 0.861 bits per heavy atom. The number of hydrogen-bond donors (Lipinski definition) is 0. The fraction of sp³-hybridized carbons (Fsp3) is 0.300. The quantitative estimate of drug-likeness (QED) is 0.115. The Balaban J connectivity index is 0.00000361. The van der Waals surface area contributed by atoms with Crippen molar-refractivity contribution in [3.63, 3.8) is 0 Å². The zero-order valence-electron chi connectivity index (χ0n) is 21.3. The molecule has 0 saturated carbocycles. The lowest BCUT2D eigenvalue weighted by Crippen LogP contribution is -3.00. The summed E-state index contributed by atoms with van der Waals surface area (Å²) < 4.78 is 14.4. The van der Waals surface area contributed by atoms with Gasteiger partial charge in [0.1, 0.15) is 18.0 Å². The number of ether oxygens (including phenoxy) is 2. The molecule has 1 aromatic heterocycles. The summed E-state index contributed by atoms with van der Waals surface area (Å²) in [4.78, 5) is 12.2. The first kappa shape index (κ1) is 27.7. The zero-order chi connectivity index (χ0) is 24.7. The van der Waals surface area contributed by atoms with Crippen LogP contribution in [0.4, 0.5) is 5.69 Å². The molecule has 3 aromatic carbocycles. The lowest BCUT2D eigenvalue weighted by Gasteiger charge is -2.23. The molecule has 0 aliphatic carbocycles. The smallest absolute Gasteiger partial charge is 0.310 e. The minimum absolute atomic E-state index is 0. The van der Waals surface area contributed by atoms with Crippen molar-refractivity contribution in [3.05, 3.63) is 96.2 Å². The molecule has 0 amide bonds. The number of aryl methyl sites for hydroxylation is 1.